The Morgan fingerprint density at radius 3 is 2.72 bits per heavy atom. The summed E-state index contributed by atoms with van der Waals surface area (Å²) < 4.78 is 5.78. The SMILES string of the molecule is O=C(COc1ccccc1CNCCc1ccccn1)N1CCCC1. The van der Waals surface area contributed by atoms with Crippen molar-refractivity contribution in [1.29, 1.82) is 0 Å². The molecule has 0 spiro atoms. The van der Waals surface area contributed by atoms with E-state index in [0.717, 1.165) is 55.9 Å². The largest absolute Gasteiger partial charge is 0.483 e. The Morgan fingerprint density at radius 2 is 1.92 bits per heavy atom. The molecule has 1 aliphatic heterocycles. The number of ether oxygens (including phenoxy) is 1. The topological polar surface area (TPSA) is 54.5 Å². The number of carbonyl (C=O) groups excluding carboxylic acids is 1. The van der Waals surface area contributed by atoms with Crippen molar-refractivity contribution in [3.05, 3.63) is 59.9 Å². The molecule has 1 aromatic heterocycles. The van der Waals surface area contributed by atoms with Gasteiger partial charge in [0.15, 0.2) is 6.61 Å². The number of benzene rings is 1. The van der Waals surface area contributed by atoms with Gasteiger partial charge in [-0.3, -0.25) is 9.78 Å². The summed E-state index contributed by atoms with van der Waals surface area (Å²) in [7, 11) is 0. The molecule has 5 heteroatoms. The van der Waals surface area contributed by atoms with Crippen LogP contribution in [0.2, 0.25) is 0 Å². The fraction of sp³-hybridized carbons (Fsp3) is 0.400. The summed E-state index contributed by atoms with van der Waals surface area (Å²) in [5.74, 6) is 0.857. The van der Waals surface area contributed by atoms with Gasteiger partial charge in [-0.15, -0.1) is 0 Å². The molecule has 0 bridgehead atoms. The zero-order valence-electron chi connectivity index (χ0n) is 14.5. The van der Waals surface area contributed by atoms with Gasteiger partial charge in [-0.2, -0.15) is 0 Å². The van der Waals surface area contributed by atoms with Crippen LogP contribution in [0.15, 0.2) is 48.7 Å². The molecule has 0 saturated carbocycles. The van der Waals surface area contributed by atoms with Gasteiger partial charge in [0.1, 0.15) is 5.75 Å². The Bertz CT molecular complexity index is 670. The van der Waals surface area contributed by atoms with Crippen LogP contribution in [0.25, 0.3) is 0 Å². The molecule has 2 aromatic rings. The van der Waals surface area contributed by atoms with Gasteiger partial charge in [0.05, 0.1) is 0 Å². The number of nitrogens with one attached hydrogen (secondary N) is 1. The highest BCUT2D eigenvalue weighted by atomic mass is 16.5. The highest BCUT2D eigenvalue weighted by Gasteiger charge is 2.18. The van der Waals surface area contributed by atoms with E-state index < -0.39 is 0 Å². The van der Waals surface area contributed by atoms with Crippen molar-refractivity contribution in [2.45, 2.75) is 25.8 Å². The van der Waals surface area contributed by atoms with Gasteiger partial charge in [0, 0.05) is 50.1 Å². The molecule has 25 heavy (non-hydrogen) atoms. The standard InChI is InChI=1S/C20H25N3O2/c24-20(23-13-5-6-14-23)16-25-19-9-2-1-7-17(19)15-21-12-10-18-8-3-4-11-22-18/h1-4,7-9,11,21H,5-6,10,12-16H2. The summed E-state index contributed by atoms with van der Waals surface area (Å²) in [5.41, 5.74) is 2.15. The maximum Gasteiger partial charge on any atom is 0.260 e. The van der Waals surface area contributed by atoms with Crippen molar-refractivity contribution in [2.75, 3.05) is 26.2 Å². The molecule has 1 amide bonds. The molecule has 2 heterocycles. The predicted octanol–water partition coefficient (Wildman–Crippen LogP) is 2.42. The zero-order chi connectivity index (χ0) is 17.3. The molecule has 1 aromatic carbocycles. The molecule has 1 aliphatic rings. The Hall–Kier alpha value is -2.40. The van der Waals surface area contributed by atoms with Gasteiger partial charge >= 0.3 is 0 Å². The van der Waals surface area contributed by atoms with E-state index >= 15 is 0 Å². The Balaban J connectivity index is 1.46. The van der Waals surface area contributed by atoms with Gasteiger partial charge < -0.3 is 15.0 Å². The number of carbonyl (C=O) groups is 1. The lowest BCUT2D eigenvalue weighted by Gasteiger charge is -2.17. The maximum atomic E-state index is 12.1. The molecule has 1 fully saturated rings. The third-order valence-corrected chi connectivity index (χ3v) is 4.38. The van der Waals surface area contributed by atoms with E-state index in [2.05, 4.69) is 10.3 Å². The quantitative estimate of drug-likeness (QED) is 0.751. The van der Waals surface area contributed by atoms with E-state index in [1.807, 2.05) is 53.6 Å². The Labute approximate surface area is 149 Å². The normalized spacial score (nSPS) is 13.8. The predicted molar refractivity (Wildman–Crippen MR) is 97.4 cm³/mol. The van der Waals surface area contributed by atoms with Crippen LogP contribution in [-0.4, -0.2) is 42.0 Å². The second-order valence-corrected chi connectivity index (χ2v) is 6.23. The van der Waals surface area contributed by atoms with E-state index in [-0.39, 0.29) is 12.5 Å². The fourth-order valence-electron chi connectivity index (χ4n) is 2.97. The first-order chi connectivity index (χ1) is 12.3. The number of rotatable bonds is 8. The van der Waals surface area contributed by atoms with E-state index in [9.17, 15) is 4.79 Å². The highest BCUT2D eigenvalue weighted by molar-refractivity contribution is 5.78. The van der Waals surface area contributed by atoms with Crippen LogP contribution in [-0.2, 0) is 17.8 Å². The molecular formula is C20H25N3O2. The van der Waals surface area contributed by atoms with Crippen molar-refractivity contribution in [1.82, 2.24) is 15.2 Å². The van der Waals surface area contributed by atoms with Crippen LogP contribution < -0.4 is 10.1 Å². The number of pyridine rings is 1. The lowest BCUT2D eigenvalue weighted by atomic mass is 10.2. The molecule has 5 nitrogen and oxygen atoms in total. The summed E-state index contributed by atoms with van der Waals surface area (Å²) in [6, 6.07) is 13.8. The summed E-state index contributed by atoms with van der Waals surface area (Å²) >= 11 is 0. The van der Waals surface area contributed by atoms with Crippen molar-refractivity contribution >= 4 is 5.91 Å². The van der Waals surface area contributed by atoms with E-state index in [0.29, 0.717) is 6.54 Å². The maximum absolute atomic E-state index is 12.1. The average molecular weight is 339 g/mol. The Morgan fingerprint density at radius 1 is 1.12 bits per heavy atom. The minimum Gasteiger partial charge on any atom is -0.483 e. The average Bonchev–Trinajstić information content (AvgIpc) is 3.20. The molecule has 1 saturated heterocycles. The molecular weight excluding hydrogens is 314 g/mol. The fourth-order valence-corrected chi connectivity index (χ4v) is 2.97. The van der Waals surface area contributed by atoms with E-state index in [4.69, 9.17) is 4.74 Å². The summed E-state index contributed by atoms with van der Waals surface area (Å²) in [6.07, 6.45) is 4.90. The van der Waals surface area contributed by atoms with Crippen molar-refractivity contribution in [3.8, 4) is 5.75 Å². The van der Waals surface area contributed by atoms with Crippen LogP contribution in [0.4, 0.5) is 0 Å². The summed E-state index contributed by atoms with van der Waals surface area (Å²) in [4.78, 5) is 18.3. The number of aromatic nitrogens is 1. The second kappa shape index (κ2) is 9.18. The summed E-state index contributed by atoms with van der Waals surface area (Å²) in [5, 5.41) is 3.42. The first kappa shape index (κ1) is 17.4. The minimum absolute atomic E-state index is 0.0791. The van der Waals surface area contributed by atoms with Gasteiger partial charge in [-0.05, 0) is 31.0 Å². The van der Waals surface area contributed by atoms with Crippen LogP contribution >= 0.6 is 0 Å². The lowest BCUT2D eigenvalue weighted by Crippen LogP contribution is -2.32. The number of hydrogen-bond donors (Lipinski definition) is 1. The third kappa shape index (κ3) is 5.29. The minimum atomic E-state index is 0.0791. The van der Waals surface area contributed by atoms with Crippen LogP contribution in [0.3, 0.4) is 0 Å². The first-order valence-electron chi connectivity index (χ1n) is 8.92. The molecule has 132 valence electrons. The van der Waals surface area contributed by atoms with E-state index in [1.54, 1.807) is 0 Å². The number of para-hydroxylation sites is 1. The first-order valence-corrected chi connectivity index (χ1v) is 8.92. The molecule has 3 rings (SSSR count). The smallest absolute Gasteiger partial charge is 0.260 e. The molecule has 0 radical (unpaired) electrons. The summed E-state index contributed by atoms with van der Waals surface area (Å²) in [6.45, 7) is 3.39. The zero-order valence-corrected chi connectivity index (χ0v) is 14.5. The van der Waals surface area contributed by atoms with Crippen LogP contribution in [0.5, 0.6) is 5.75 Å². The molecule has 0 atom stereocenters. The van der Waals surface area contributed by atoms with Crippen LogP contribution in [0.1, 0.15) is 24.1 Å². The number of likely N-dealkylation sites (tertiary alicyclic amines) is 1. The third-order valence-electron chi connectivity index (χ3n) is 4.38. The molecule has 0 aliphatic carbocycles. The van der Waals surface area contributed by atoms with Gasteiger partial charge in [-0.25, -0.2) is 0 Å². The van der Waals surface area contributed by atoms with Gasteiger partial charge in [0.2, 0.25) is 0 Å². The van der Waals surface area contributed by atoms with Gasteiger partial charge in [0.25, 0.3) is 5.91 Å². The molecule has 0 unspecified atom stereocenters. The lowest BCUT2D eigenvalue weighted by molar-refractivity contribution is -0.132. The van der Waals surface area contributed by atoms with Crippen LogP contribution in [0, 0.1) is 0 Å². The monoisotopic (exact) mass is 339 g/mol. The van der Waals surface area contributed by atoms with E-state index in [1.165, 1.54) is 0 Å². The second-order valence-electron chi connectivity index (χ2n) is 6.23. The molecule has 1 N–H and O–H groups in total. The van der Waals surface area contributed by atoms with Crippen molar-refractivity contribution < 1.29 is 9.53 Å². The van der Waals surface area contributed by atoms with Crippen molar-refractivity contribution in [3.63, 3.8) is 0 Å². The van der Waals surface area contributed by atoms with Crippen molar-refractivity contribution in [2.24, 2.45) is 0 Å². The number of hydrogen-bond acceptors (Lipinski definition) is 4. The number of amides is 1. The number of nitrogens with zero attached hydrogens (tertiary/aromatic N) is 2. The Kier molecular flexibility index (Phi) is 6.40. The highest BCUT2D eigenvalue weighted by Crippen LogP contribution is 2.18. The van der Waals surface area contributed by atoms with Gasteiger partial charge in [-0.1, -0.05) is 24.3 Å².